The fourth-order valence-electron chi connectivity index (χ4n) is 2.14. The molecule has 2 aromatic rings. The van der Waals surface area contributed by atoms with Gasteiger partial charge in [-0.05, 0) is 24.5 Å². The van der Waals surface area contributed by atoms with Gasteiger partial charge in [0.2, 0.25) is 0 Å². The van der Waals surface area contributed by atoms with Crippen LogP contribution < -0.4 is 5.73 Å². The number of hydrogen-bond donors (Lipinski definition) is 1. The second-order valence-electron chi connectivity index (χ2n) is 4.32. The maximum Gasteiger partial charge on any atom is 0.149 e. The van der Waals surface area contributed by atoms with E-state index in [4.69, 9.17) is 5.73 Å². The number of rotatable bonds is 1. The maximum atomic E-state index is 13.6. The number of benzene rings is 1. The summed E-state index contributed by atoms with van der Waals surface area (Å²) >= 11 is 0. The molecule has 2 nitrogen and oxygen atoms in total. The fourth-order valence-corrected chi connectivity index (χ4v) is 2.14. The van der Waals surface area contributed by atoms with E-state index < -0.39 is 0 Å². The maximum absolute atomic E-state index is 13.6. The molecule has 2 N–H and O–H groups in total. The molecule has 0 fully saturated rings. The number of aromatic nitrogens is 1. The van der Waals surface area contributed by atoms with E-state index in [2.05, 4.69) is 18.8 Å². The van der Waals surface area contributed by atoms with Gasteiger partial charge in [-0.15, -0.1) is 0 Å². The number of nitrogens with zero attached hydrogens (tertiary/aromatic N) is 1. The zero-order valence-corrected chi connectivity index (χ0v) is 9.71. The first-order valence-corrected chi connectivity index (χ1v) is 5.36. The highest BCUT2D eigenvalue weighted by atomic mass is 19.1. The second-order valence-corrected chi connectivity index (χ2v) is 4.32. The highest BCUT2D eigenvalue weighted by Gasteiger charge is 2.14. The smallest absolute Gasteiger partial charge is 0.149 e. The van der Waals surface area contributed by atoms with Gasteiger partial charge in [-0.3, -0.25) is 0 Å². The summed E-state index contributed by atoms with van der Waals surface area (Å²) in [5.74, 6) is -0.0252. The summed E-state index contributed by atoms with van der Waals surface area (Å²) in [6.07, 6.45) is 0. The van der Waals surface area contributed by atoms with E-state index in [-0.39, 0.29) is 5.82 Å². The van der Waals surface area contributed by atoms with Crippen LogP contribution in [0, 0.1) is 12.7 Å². The van der Waals surface area contributed by atoms with Crippen molar-refractivity contribution in [2.24, 2.45) is 0 Å². The van der Waals surface area contributed by atoms with Gasteiger partial charge < -0.3 is 5.73 Å². The summed E-state index contributed by atoms with van der Waals surface area (Å²) in [6.45, 7) is 5.99. The fraction of sp³-hybridized carbons (Fsp3) is 0.308. The Morgan fingerprint density at radius 2 is 2.00 bits per heavy atom. The number of nitrogen functional groups attached to an aromatic ring is 1. The minimum Gasteiger partial charge on any atom is -0.398 e. The lowest BCUT2D eigenvalue weighted by Gasteiger charge is -2.15. The van der Waals surface area contributed by atoms with Gasteiger partial charge in [0, 0.05) is 16.8 Å². The predicted molar refractivity (Wildman–Crippen MR) is 64.9 cm³/mol. The van der Waals surface area contributed by atoms with Gasteiger partial charge in [0.1, 0.15) is 11.3 Å². The average Bonchev–Trinajstić information content (AvgIpc) is 2.19. The molecule has 0 amide bonds. The number of aryl methyl sites for hydroxylation is 1. The molecule has 0 atom stereocenters. The number of para-hydroxylation sites is 1. The summed E-state index contributed by atoms with van der Waals surface area (Å²) in [4.78, 5) is 4.30. The first kappa shape index (κ1) is 10.9. The Bertz CT molecular complexity index is 547. The van der Waals surface area contributed by atoms with Crippen LogP contribution in [0.25, 0.3) is 10.9 Å². The zero-order valence-electron chi connectivity index (χ0n) is 9.71. The van der Waals surface area contributed by atoms with Gasteiger partial charge >= 0.3 is 0 Å². The molecule has 1 aromatic heterocycles. The van der Waals surface area contributed by atoms with Gasteiger partial charge in [-0.2, -0.15) is 0 Å². The molecule has 0 aliphatic carbocycles. The molecule has 0 bridgehead atoms. The topological polar surface area (TPSA) is 38.9 Å². The molecule has 0 saturated carbocycles. The standard InChI is InChI=1S/C13H15FN2/c1-7(2)11-8(3)16-13-9(12(11)15)5-4-6-10(13)14/h4-7H,1-3H3,(H2,15,16). The van der Waals surface area contributed by atoms with E-state index in [0.717, 1.165) is 11.3 Å². The Labute approximate surface area is 94.3 Å². The van der Waals surface area contributed by atoms with Crippen LogP contribution in [0.2, 0.25) is 0 Å². The summed E-state index contributed by atoms with van der Waals surface area (Å²) in [5.41, 5.74) is 8.92. The Hall–Kier alpha value is -1.64. The number of hydrogen-bond acceptors (Lipinski definition) is 2. The van der Waals surface area contributed by atoms with Gasteiger partial charge in [0.15, 0.2) is 0 Å². The Balaban J connectivity index is 2.89. The van der Waals surface area contributed by atoms with Crippen molar-refractivity contribution < 1.29 is 4.39 Å². The van der Waals surface area contributed by atoms with E-state index in [1.807, 2.05) is 13.0 Å². The van der Waals surface area contributed by atoms with Crippen molar-refractivity contribution in [1.82, 2.24) is 4.98 Å². The summed E-state index contributed by atoms with van der Waals surface area (Å²) in [6, 6.07) is 4.88. The molecule has 0 unspecified atom stereocenters. The summed E-state index contributed by atoms with van der Waals surface area (Å²) in [7, 11) is 0. The monoisotopic (exact) mass is 218 g/mol. The summed E-state index contributed by atoms with van der Waals surface area (Å²) in [5, 5.41) is 0.703. The Morgan fingerprint density at radius 3 is 2.62 bits per heavy atom. The zero-order chi connectivity index (χ0) is 11.9. The van der Waals surface area contributed by atoms with Crippen molar-refractivity contribution in [2.45, 2.75) is 26.7 Å². The van der Waals surface area contributed by atoms with Crippen molar-refractivity contribution in [3.63, 3.8) is 0 Å². The van der Waals surface area contributed by atoms with E-state index in [1.54, 1.807) is 6.07 Å². The van der Waals surface area contributed by atoms with Crippen LogP contribution in [0.15, 0.2) is 18.2 Å². The number of nitrogens with two attached hydrogens (primary N) is 1. The molecule has 0 radical (unpaired) electrons. The van der Waals surface area contributed by atoms with Gasteiger partial charge in [-0.25, -0.2) is 9.37 Å². The lowest BCUT2D eigenvalue weighted by Crippen LogP contribution is -2.04. The molecule has 0 aliphatic rings. The molecular weight excluding hydrogens is 203 g/mol. The van der Waals surface area contributed by atoms with Crippen molar-refractivity contribution in [3.8, 4) is 0 Å². The summed E-state index contributed by atoms with van der Waals surface area (Å²) < 4.78 is 13.6. The van der Waals surface area contributed by atoms with Crippen LogP contribution in [0.1, 0.15) is 31.0 Å². The van der Waals surface area contributed by atoms with E-state index in [0.29, 0.717) is 22.5 Å². The molecule has 0 aliphatic heterocycles. The first-order chi connectivity index (χ1) is 7.52. The quantitative estimate of drug-likeness (QED) is 0.796. The van der Waals surface area contributed by atoms with Crippen LogP contribution in [0.3, 0.4) is 0 Å². The molecule has 84 valence electrons. The Kier molecular flexibility index (Phi) is 2.54. The van der Waals surface area contributed by atoms with Gasteiger partial charge in [0.05, 0.1) is 0 Å². The first-order valence-electron chi connectivity index (χ1n) is 5.36. The third-order valence-electron chi connectivity index (χ3n) is 2.81. The van der Waals surface area contributed by atoms with E-state index in [9.17, 15) is 4.39 Å². The van der Waals surface area contributed by atoms with Crippen molar-refractivity contribution >= 4 is 16.6 Å². The normalized spacial score (nSPS) is 11.3. The van der Waals surface area contributed by atoms with Crippen molar-refractivity contribution in [1.29, 1.82) is 0 Å². The molecule has 16 heavy (non-hydrogen) atoms. The van der Waals surface area contributed by atoms with Crippen LogP contribution in [-0.4, -0.2) is 4.98 Å². The van der Waals surface area contributed by atoms with Gasteiger partial charge in [-0.1, -0.05) is 26.0 Å². The minimum absolute atomic E-state index is 0.292. The van der Waals surface area contributed by atoms with Crippen molar-refractivity contribution in [3.05, 3.63) is 35.3 Å². The molecule has 1 heterocycles. The largest absolute Gasteiger partial charge is 0.398 e. The molecule has 3 heteroatoms. The number of pyridine rings is 1. The van der Waals surface area contributed by atoms with Gasteiger partial charge in [0.25, 0.3) is 0 Å². The lowest BCUT2D eigenvalue weighted by atomic mass is 9.97. The SMILES string of the molecule is Cc1nc2c(F)cccc2c(N)c1C(C)C. The second kappa shape index (κ2) is 3.74. The lowest BCUT2D eigenvalue weighted by molar-refractivity contribution is 0.636. The molecular formula is C13H15FN2. The highest BCUT2D eigenvalue weighted by molar-refractivity contribution is 5.92. The van der Waals surface area contributed by atoms with E-state index >= 15 is 0 Å². The van der Waals surface area contributed by atoms with Crippen LogP contribution >= 0.6 is 0 Å². The molecule has 1 aromatic carbocycles. The van der Waals surface area contributed by atoms with Crippen LogP contribution in [0.4, 0.5) is 10.1 Å². The number of fused-ring (bicyclic) bond motifs is 1. The third kappa shape index (κ3) is 1.52. The predicted octanol–water partition coefficient (Wildman–Crippen LogP) is 3.39. The number of halogens is 1. The van der Waals surface area contributed by atoms with Crippen molar-refractivity contribution in [2.75, 3.05) is 5.73 Å². The van der Waals surface area contributed by atoms with Crippen LogP contribution in [0.5, 0.6) is 0 Å². The molecule has 0 spiro atoms. The van der Waals surface area contributed by atoms with Crippen LogP contribution in [-0.2, 0) is 0 Å². The minimum atomic E-state index is -0.317. The van der Waals surface area contributed by atoms with E-state index in [1.165, 1.54) is 6.07 Å². The third-order valence-corrected chi connectivity index (χ3v) is 2.81. The molecule has 2 rings (SSSR count). The average molecular weight is 218 g/mol. The number of anilines is 1. The highest BCUT2D eigenvalue weighted by Crippen LogP contribution is 2.31. The molecule has 0 saturated heterocycles. The Morgan fingerprint density at radius 1 is 1.31 bits per heavy atom.